The smallest absolute Gasteiger partial charge is 0.333 e. The van der Waals surface area contributed by atoms with Gasteiger partial charge in [-0.25, -0.2) is 9.59 Å². The Hall–Kier alpha value is -2.21. The molecule has 0 aliphatic heterocycles. The van der Waals surface area contributed by atoms with E-state index in [1.165, 1.54) is 0 Å². The fourth-order valence-corrected chi connectivity index (χ4v) is 6.04. The fraction of sp³-hybridized carbons (Fsp3) is 0.640. The summed E-state index contributed by atoms with van der Waals surface area (Å²) in [5, 5.41) is 11.5. The van der Waals surface area contributed by atoms with Crippen molar-refractivity contribution >= 4 is 17.7 Å². The molecule has 4 aliphatic carbocycles. The molecule has 6 heteroatoms. The molecule has 0 heterocycles. The maximum atomic E-state index is 13.1. The summed E-state index contributed by atoms with van der Waals surface area (Å²) in [6.45, 7) is 14.4. The van der Waals surface area contributed by atoms with Gasteiger partial charge in [-0.3, -0.25) is 4.79 Å². The average molecular weight is 431 g/mol. The molecule has 0 aromatic rings. The van der Waals surface area contributed by atoms with Gasteiger partial charge in [0.2, 0.25) is 0 Å². The number of ether oxygens (including phenoxy) is 2. The number of hydrogen-bond donors (Lipinski definition) is 1. The van der Waals surface area contributed by atoms with Crippen molar-refractivity contribution in [2.45, 2.75) is 73.7 Å². The molecule has 0 saturated heterocycles. The van der Waals surface area contributed by atoms with Crippen LogP contribution in [0.2, 0.25) is 0 Å². The first kappa shape index (κ1) is 23.5. The molecule has 0 radical (unpaired) electrons. The topological polar surface area (TPSA) is 89.9 Å². The zero-order valence-corrected chi connectivity index (χ0v) is 19.7. The molecule has 7 atom stereocenters. The van der Waals surface area contributed by atoms with E-state index in [4.69, 9.17) is 9.47 Å². The van der Waals surface area contributed by atoms with Gasteiger partial charge >= 0.3 is 11.9 Å². The van der Waals surface area contributed by atoms with Crippen LogP contribution in [-0.4, -0.2) is 41.1 Å². The summed E-state index contributed by atoms with van der Waals surface area (Å²) >= 11 is 0. The molecule has 0 amide bonds. The molecule has 3 fully saturated rings. The van der Waals surface area contributed by atoms with E-state index in [0.717, 1.165) is 5.57 Å². The quantitative estimate of drug-likeness (QED) is 0.542. The average Bonchev–Trinajstić information content (AvgIpc) is 2.78. The summed E-state index contributed by atoms with van der Waals surface area (Å²) in [5.41, 5.74) is 0.227. The van der Waals surface area contributed by atoms with E-state index >= 15 is 0 Å². The zero-order valence-electron chi connectivity index (χ0n) is 19.7. The number of aliphatic hydroxyl groups excluding tert-OH is 1. The summed E-state index contributed by atoms with van der Waals surface area (Å²) in [6.07, 6.45) is 1.79. The highest BCUT2D eigenvalue weighted by molar-refractivity contribution is 5.97. The number of esters is 2. The third-order valence-corrected chi connectivity index (χ3v) is 8.06. The van der Waals surface area contributed by atoms with E-state index in [0.29, 0.717) is 11.1 Å². The van der Waals surface area contributed by atoms with Gasteiger partial charge in [0, 0.05) is 22.5 Å². The molecule has 0 spiro atoms. The van der Waals surface area contributed by atoms with Crippen molar-refractivity contribution < 1.29 is 29.0 Å². The van der Waals surface area contributed by atoms with Gasteiger partial charge in [-0.05, 0) is 57.9 Å². The van der Waals surface area contributed by atoms with Gasteiger partial charge in [-0.1, -0.05) is 38.5 Å². The van der Waals surface area contributed by atoms with Crippen molar-refractivity contribution in [1.82, 2.24) is 0 Å². The Morgan fingerprint density at radius 1 is 1.00 bits per heavy atom. The SMILES string of the molecule is C/C=C(/C)C(=O)O[C@@H]1[C@@H](O)C(C)(C)C2C3C(=O)C=C(C)C2[C@@]3(C)[C@@H]1OC(=O)/C(C)=C\C. The molecule has 3 saturated carbocycles. The number of rotatable bonds is 4. The van der Waals surface area contributed by atoms with Gasteiger partial charge < -0.3 is 14.6 Å². The molecular weight excluding hydrogens is 396 g/mol. The largest absolute Gasteiger partial charge is 0.454 e. The van der Waals surface area contributed by atoms with Gasteiger partial charge in [-0.2, -0.15) is 0 Å². The first-order valence-electron chi connectivity index (χ1n) is 10.9. The molecule has 0 aromatic heterocycles. The Labute approximate surface area is 184 Å². The van der Waals surface area contributed by atoms with Crippen LogP contribution in [0.3, 0.4) is 0 Å². The van der Waals surface area contributed by atoms with E-state index in [2.05, 4.69) is 0 Å². The monoisotopic (exact) mass is 430 g/mol. The molecule has 0 aromatic carbocycles. The van der Waals surface area contributed by atoms with Crippen LogP contribution in [0.15, 0.2) is 34.9 Å². The normalized spacial score (nSPS) is 39.1. The number of aliphatic hydroxyl groups is 1. The Morgan fingerprint density at radius 3 is 2.00 bits per heavy atom. The first-order chi connectivity index (χ1) is 14.3. The summed E-state index contributed by atoms with van der Waals surface area (Å²) in [6, 6.07) is 0. The maximum absolute atomic E-state index is 13.1. The number of fused-ring (bicyclic) bond motifs is 3. The van der Waals surface area contributed by atoms with Gasteiger partial charge in [0.1, 0.15) is 12.2 Å². The van der Waals surface area contributed by atoms with Crippen LogP contribution in [0, 0.1) is 28.6 Å². The van der Waals surface area contributed by atoms with E-state index in [9.17, 15) is 19.5 Å². The van der Waals surface area contributed by atoms with E-state index in [-0.39, 0.29) is 17.6 Å². The number of carbonyl (C=O) groups is 3. The zero-order chi connectivity index (χ0) is 23.5. The summed E-state index contributed by atoms with van der Waals surface area (Å²) in [7, 11) is 0. The van der Waals surface area contributed by atoms with Crippen molar-refractivity contribution in [2.75, 3.05) is 0 Å². The van der Waals surface area contributed by atoms with Crippen molar-refractivity contribution in [3.8, 4) is 0 Å². The predicted octanol–water partition coefficient (Wildman–Crippen LogP) is 3.54. The van der Waals surface area contributed by atoms with Crippen molar-refractivity contribution in [3.05, 3.63) is 34.9 Å². The van der Waals surface area contributed by atoms with Crippen LogP contribution < -0.4 is 0 Å². The van der Waals surface area contributed by atoms with Crippen LogP contribution in [0.5, 0.6) is 0 Å². The number of allylic oxidation sites excluding steroid dienone is 4. The van der Waals surface area contributed by atoms with E-state index in [1.54, 1.807) is 45.9 Å². The standard InChI is InChI=1S/C25H34O6/c1-9-12(3)22(28)30-19-20(27)24(6,7)18-16-14(5)11-15(26)17(18)25(16,8)21(19)31-23(29)13(4)10-2/h9-11,16-21,27H,1-8H3/b12-9-,13-10-/t16?,17?,18?,19-,20-,21-,25-/m1/s1. The second kappa shape index (κ2) is 7.73. The summed E-state index contributed by atoms with van der Waals surface area (Å²) in [4.78, 5) is 38.6. The third kappa shape index (κ3) is 3.22. The van der Waals surface area contributed by atoms with Crippen molar-refractivity contribution in [2.24, 2.45) is 28.6 Å². The third-order valence-electron chi connectivity index (χ3n) is 8.06. The van der Waals surface area contributed by atoms with Crippen LogP contribution in [0.1, 0.15) is 55.4 Å². The Morgan fingerprint density at radius 2 is 1.52 bits per heavy atom. The lowest BCUT2D eigenvalue weighted by molar-refractivity contribution is -0.212. The second-order valence-electron chi connectivity index (χ2n) is 10.0. The van der Waals surface area contributed by atoms with Crippen molar-refractivity contribution in [3.63, 3.8) is 0 Å². The van der Waals surface area contributed by atoms with Crippen LogP contribution in [0.4, 0.5) is 0 Å². The first-order valence-corrected chi connectivity index (χ1v) is 10.9. The molecule has 4 rings (SSSR count). The minimum atomic E-state index is -1.11. The molecule has 170 valence electrons. The highest BCUT2D eigenvalue weighted by atomic mass is 16.6. The Balaban J connectivity index is 2.17. The predicted molar refractivity (Wildman–Crippen MR) is 116 cm³/mol. The molecule has 4 bridgehead atoms. The van der Waals surface area contributed by atoms with Gasteiger partial charge in [0.15, 0.2) is 11.9 Å². The van der Waals surface area contributed by atoms with Crippen LogP contribution in [0.25, 0.3) is 0 Å². The highest BCUT2D eigenvalue weighted by Crippen LogP contribution is 2.72. The summed E-state index contributed by atoms with van der Waals surface area (Å²) in [5.74, 6) is -1.73. The molecule has 6 nitrogen and oxygen atoms in total. The maximum Gasteiger partial charge on any atom is 0.333 e. The Bertz CT molecular complexity index is 907. The lowest BCUT2D eigenvalue weighted by Crippen LogP contribution is -2.68. The molecular formula is C25H34O6. The molecule has 4 aliphatic rings. The Kier molecular flexibility index (Phi) is 5.85. The summed E-state index contributed by atoms with van der Waals surface area (Å²) < 4.78 is 11.8. The van der Waals surface area contributed by atoms with Gasteiger partial charge in [0.05, 0.1) is 0 Å². The van der Waals surface area contributed by atoms with E-state index < -0.39 is 47.0 Å². The molecule has 1 N–H and O–H groups in total. The van der Waals surface area contributed by atoms with Gasteiger partial charge in [0.25, 0.3) is 0 Å². The second-order valence-corrected chi connectivity index (χ2v) is 10.0. The molecule has 3 unspecified atom stereocenters. The lowest BCUT2D eigenvalue weighted by Gasteiger charge is -2.65. The van der Waals surface area contributed by atoms with Crippen LogP contribution >= 0.6 is 0 Å². The number of hydrogen-bond acceptors (Lipinski definition) is 6. The number of ketones is 1. The van der Waals surface area contributed by atoms with Crippen molar-refractivity contribution in [1.29, 1.82) is 0 Å². The van der Waals surface area contributed by atoms with E-state index in [1.807, 2.05) is 27.7 Å². The van der Waals surface area contributed by atoms with Gasteiger partial charge in [-0.15, -0.1) is 0 Å². The fourth-order valence-electron chi connectivity index (χ4n) is 6.04. The lowest BCUT2D eigenvalue weighted by atomic mass is 9.37. The highest BCUT2D eigenvalue weighted by Gasteiger charge is 2.76. The minimum absolute atomic E-state index is 0.0202. The minimum Gasteiger partial charge on any atom is -0.454 e. The molecule has 31 heavy (non-hydrogen) atoms. The number of carbonyl (C=O) groups excluding carboxylic acids is 3. The van der Waals surface area contributed by atoms with Crippen LogP contribution in [-0.2, 0) is 23.9 Å².